The molecule has 0 saturated carbocycles. The van der Waals surface area contributed by atoms with Crippen molar-refractivity contribution in [3.8, 4) is 17.2 Å². The molecule has 8 rings (SSSR count). The van der Waals surface area contributed by atoms with Crippen molar-refractivity contribution in [1.29, 1.82) is 0 Å². The summed E-state index contributed by atoms with van der Waals surface area (Å²) < 4.78 is 84.3. The number of methoxy groups -OCH3 is 2. The van der Waals surface area contributed by atoms with Crippen LogP contribution in [0.25, 0.3) is 10.8 Å². The summed E-state index contributed by atoms with van der Waals surface area (Å²) in [4.78, 5) is 53.9. The van der Waals surface area contributed by atoms with E-state index in [0.29, 0.717) is 0 Å². The fourth-order valence-electron chi connectivity index (χ4n) is 12.3. The molecule has 2 aromatic rings. The Morgan fingerprint density at radius 2 is 1.25 bits per heavy atom. The maximum Gasteiger partial charge on any atom is 0.308 e. The summed E-state index contributed by atoms with van der Waals surface area (Å²) >= 11 is 0. The van der Waals surface area contributed by atoms with Gasteiger partial charge in [-0.05, 0) is 78.0 Å². The van der Waals surface area contributed by atoms with E-state index < -0.39 is 194 Å². The van der Waals surface area contributed by atoms with Gasteiger partial charge in [-0.1, -0.05) is 13.8 Å². The molecule has 26 heteroatoms. The third kappa shape index (κ3) is 14.3. The summed E-state index contributed by atoms with van der Waals surface area (Å²) in [6.45, 7) is 15.5. The number of aromatic hydroxyl groups is 2. The number of hydrogen-bond acceptors (Lipinski definition) is 26. The first-order valence-corrected chi connectivity index (χ1v) is 28.7. The lowest BCUT2D eigenvalue weighted by Crippen LogP contribution is -2.59. The molecular formula is C58H84O26. The van der Waals surface area contributed by atoms with Crippen molar-refractivity contribution in [3.05, 3.63) is 29.3 Å². The molecule has 2 aromatic carbocycles. The van der Waals surface area contributed by atoms with E-state index in [1.165, 1.54) is 60.1 Å². The second-order valence-corrected chi connectivity index (χ2v) is 23.7. The molecule has 6 aliphatic rings. The number of esters is 2. The van der Waals surface area contributed by atoms with Crippen LogP contribution in [0.2, 0.25) is 0 Å². The largest absolute Gasteiger partial charge is 0.507 e. The quantitative estimate of drug-likeness (QED) is 0.0931. The lowest BCUT2D eigenvalue weighted by Gasteiger charge is -2.47. The standard InChI is InChI=1S/C58H84O26/c1-22(2)57(69)84-56-28(8)77-43(21-58(56,10)70)81-37-18-41(73-24(4)48(37)65)80-36-19-42(74-25(5)47(36)64)83-55-33(54(72-12)51(68)46(63)23(3)59)15-31-13-30-14-32(16-34(61)44(30)49(66)45(31)50(55)67)79-40-20-38(78-29(9)60)53(27(7)76-40)82-39-17-35(62)52(71-11)26(6)75-39/h13-14,16,22-28,33,35-43,46-48,52-56,59,61-66,70H,15,17-21H2,1-12H3/t23-,24-,25-,26-,27-,28+,33?,35-,36-,37-,38-,39-,40+,41+,42+,43+,46+,47?,48-,52+,53+,54+,55+,56+,58?/m1/s1. The van der Waals surface area contributed by atoms with Gasteiger partial charge in [0, 0.05) is 65.2 Å². The molecule has 0 bridgehead atoms. The number of ketones is 2. The number of carbonyl (C=O) groups is 4. The Bertz CT molecular complexity index is 2620. The summed E-state index contributed by atoms with van der Waals surface area (Å²) in [6, 6.07) is 4.18. The Hall–Kier alpha value is -4.30. The number of ether oxygens (including phenoxy) is 14. The van der Waals surface area contributed by atoms with Gasteiger partial charge in [-0.25, -0.2) is 0 Å². The summed E-state index contributed by atoms with van der Waals surface area (Å²) in [5.41, 5.74) is -1.66. The van der Waals surface area contributed by atoms with E-state index >= 15 is 4.79 Å². The third-order valence-electron chi connectivity index (χ3n) is 16.7. The van der Waals surface area contributed by atoms with Gasteiger partial charge in [-0.3, -0.25) is 19.2 Å². The van der Waals surface area contributed by atoms with E-state index in [0.717, 1.165) is 0 Å². The van der Waals surface area contributed by atoms with Gasteiger partial charge in [-0.15, -0.1) is 0 Å². The molecule has 26 nitrogen and oxygen atoms in total. The minimum atomic E-state index is -1.96. The van der Waals surface area contributed by atoms with Crippen LogP contribution in [0.3, 0.4) is 0 Å². The SMILES string of the molecule is CO[C@@H]1[C@H](O)C[C@@H](O[C@H]2[C@@H](C)O[C@@H](Oc3cc(O)c4c(O)c5c(cc4c3)CC([C@H](OC)C(=O)[C@@H](O)[C@@H](C)O)[C@H](O[C@H]3C[C@@H](O[C@H]4C[C@@H](O[C@H]6CC(C)(O)[C@@H](OC(=O)C(C)C)[C@H](C)O6)[C@H](O)[C@@H](C)O4)C(O)[C@@H](C)O3)C5=O)C[C@H]2OC(C)=O)O[C@@H]1C. The summed E-state index contributed by atoms with van der Waals surface area (Å²) in [5.74, 6) is -5.81. The highest BCUT2D eigenvalue weighted by Crippen LogP contribution is 2.46. The molecule has 0 spiro atoms. The van der Waals surface area contributed by atoms with Crippen LogP contribution in [0.5, 0.6) is 17.2 Å². The van der Waals surface area contributed by atoms with Crippen molar-refractivity contribution in [1.82, 2.24) is 0 Å². The number of hydrogen-bond donors (Lipinski definition) is 8. The van der Waals surface area contributed by atoms with Crippen molar-refractivity contribution in [3.63, 3.8) is 0 Å². The van der Waals surface area contributed by atoms with E-state index in [2.05, 4.69) is 0 Å². The number of phenols is 2. The van der Waals surface area contributed by atoms with Crippen molar-refractivity contribution in [2.24, 2.45) is 11.8 Å². The van der Waals surface area contributed by atoms with Crippen molar-refractivity contribution < 1.29 is 126 Å². The number of Topliss-reactive ketones (excluding diaryl/α,β-unsaturated/α-hetero) is 2. The van der Waals surface area contributed by atoms with Crippen molar-refractivity contribution in [2.45, 2.75) is 255 Å². The van der Waals surface area contributed by atoms with Crippen molar-refractivity contribution >= 4 is 34.3 Å². The minimum Gasteiger partial charge on any atom is -0.507 e. The van der Waals surface area contributed by atoms with E-state index in [-0.39, 0.29) is 66.2 Å². The van der Waals surface area contributed by atoms with Crippen LogP contribution >= 0.6 is 0 Å². The lowest BCUT2D eigenvalue weighted by molar-refractivity contribution is -0.334. The van der Waals surface area contributed by atoms with Gasteiger partial charge in [-0.2, -0.15) is 0 Å². The molecule has 0 aromatic heterocycles. The molecule has 5 aliphatic heterocycles. The molecule has 0 radical (unpaired) electrons. The molecule has 84 heavy (non-hydrogen) atoms. The molecule has 5 fully saturated rings. The first-order valence-electron chi connectivity index (χ1n) is 28.7. The molecule has 5 heterocycles. The van der Waals surface area contributed by atoms with Gasteiger partial charge in [0.25, 0.3) is 0 Å². The van der Waals surface area contributed by atoms with Gasteiger partial charge < -0.3 is 107 Å². The van der Waals surface area contributed by atoms with Crippen LogP contribution in [-0.4, -0.2) is 225 Å². The number of phenolic OH excluding ortho intramolecular Hbond substituents is 2. The predicted octanol–water partition coefficient (Wildman–Crippen LogP) is 1.87. The number of benzene rings is 2. The fourth-order valence-corrected chi connectivity index (χ4v) is 12.3. The van der Waals surface area contributed by atoms with E-state index in [9.17, 15) is 55.2 Å². The monoisotopic (exact) mass is 1200 g/mol. The van der Waals surface area contributed by atoms with E-state index in [1.54, 1.807) is 41.5 Å². The minimum absolute atomic E-state index is 0.0401. The molecule has 3 unspecified atom stereocenters. The molecule has 5 saturated heterocycles. The normalized spacial score (nSPS) is 39.5. The number of aliphatic hydroxyl groups excluding tert-OH is 5. The summed E-state index contributed by atoms with van der Waals surface area (Å²) in [6.07, 6.45) is -25.8. The summed E-state index contributed by atoms with van der Waals surface area (Å²) in [7, 11) is 2.65. The van der Waals surface area contributed by atoms with Gasteiger partial charge in [0.1, 0.15) is 71.7 Å². The fraction of sp³-hybridized carbons (Fsp3) is 0.759. The Morgan fingerprint density at radius 3 is 1.82 bits per heavy atom. The van der Waals surface area contributed by atoms with E-state index in [4.69, 9.17) is 66.3 Å². The Balaban J connectivity index is 1.01. The van der Waals surface area contributed by atoms with Crippen LogP contribution in [0, 0.1) is 11.8 Å². The maximum absolute atomic E-state index is 15.1. The molecule has 472 valence electrons. The zero-order chi connectivity index (χ0) is 61.5. The highest BCUT2D eigenvalue weighted by molar-refractivity contribution is 6.11. The smallest absolute Gasteiger partial charge is 0.308 e. The van der Waals surface area contributed by atoms with Gasteiger partial charge in [0.05, 0.1) is 71.8 Å². The number of fused-ring (bicyclic) bond motifs is 2. The number of rotatable bonds is 19. The van der Waals surface area contributed by atoms with E-state index in [1.807, 2.05) is 0 Å². The zero-order valence-corrected chi connectivity index (χ0v) is 49.3. The first-order chi connectivity index (χ1) is 39.5. The van der Waals surface area contributed by atoms with Crippen LogP contribution in [0.1, 0.15) is 117 Å². The molecule has 1 aliphatic carbocycles. The topological polar surface area (TPSA) is 359 Å². The Morgan fingerprint density at radius 1 is 0.690 bits per heavy atom. The Kier molecular flexibility index (Phi) is 21.1. The zero-order valence-electron chi connectivity index (χ0n) is 49.3. The molecule has 0 amide bonds. The molecule has 25 atom stereocenters. The lowest BCUT2D eigenvalue weighted by atomic mass is 9.75. The average Bonchev–Trinajstić information content (AvgIpc) is 2.44. The molecule has 8 N–H and O–H groups in total. The first kappa shape index (κ1) is 65.7. The summed E-state index contributed by atoms with van der Waals surface area (Å²) in [5, 5.41) is 89.7. The second kappa shape index (κ2) is 27.0. The van der Waals surface area contributed by atoms with Gasteiger partial charge >= 0.3 is 11.9 Å². The maximum atomic E-state index is 15.1. The highest BCUT2D eigenvalue weighted by Gasteiger charge is 2.53. The van der Waals surface area contributed by atoms with Crippen LogP contribution in [-0.2, 0) is 82.4 Å². The van der Waals surface area contributed by atoms with Crippen LogP contribution in [0.4, 0.5) is 0 Å². The van der Waals surface area contributed by atoms with Gasteiger partial charge in [0.15, 0.2) is 42.8 Å². The Labute approximate surface area is 486 Å². The van der Waals surface area contributed by atoms with Crippen LogP contribution in [0.15, 0.2) is 18.2 Å². The molecular weight excluding hydrogens is 1110 g/mol. The van der Waals surface area contributed by atoms with Crippen LogP contribution < -0.4 is 4.74 Å². The predicted molar refractivity (Wildman–Crippen MR) is 287 cm³/mol. The van der Waals surface area contributed by atoms with Crippen molar-refractivity contribution in [2.75, 3.05) is 14.2 Å². The van der Waals surface area contributed by atoms with Gasteiger partial charge in [0.2, 0.25) is 6.29 Å². The second-order valence-electron chi connectivity index (χ2n) is 23.7. The number of aliphatic hydroxyl groups is 6. The third-order valence-corrected chi connectivity index (χ3v) is 16.7. The highest BCUT2D eigenvalue weighted by atomic mass is 16.7. The average molecular weight is 1200 g/mol. The number of carbonyl (C=O) groups excluding carboxylic acids is 4.